The quantitative estimate of drug-likeness (QED) is 0.710. The highest BCUT2D eigenvalue weighted by Gasteiger charge is 2.03. The maximum Gasteiger partial charge on any atom is 0.184 e. The molecular formula is C11H10ClNS. The van der Waals surface area contributed by atoms with E-state index in [-0.39, 0.29) is 0 Å². The highest BCUT2D eigenvalue weighted by atomic mass is 35.5. The zero-order valence-electron chi connectivity index (χ0n) is 8.04. The predicted molar refractivity (Wildman–Crippen MR) is 62.0 cm³/mol. The van der Waals surface area contributed by atoms with Gasteiger partial charge in [-0.2, -0.15) is 0 Å². The molecule has 0 aliphatic rings. The number of aryl methyl sites for hydroxylation is 2. The van der Waals surface area contributed by atoms with Gasteiger partial charge in [-0.1, -0.05) is 23.7 Å². The van der Waals surface area contributed by atoms with Gasteiger partial charge in [-0.15, -0.1) is 11.3 Å². The van der Waals surface area contributed by atoms with Gasteiger partial charge >= 0.3 is 0 Å². The van der Waals surface area contributed by atoms with E-state index in [1.807, 2.05) is 5.38 Å². The van der Waals surface area contributed by atoms with Gasteiger partial charge in [0.2, 0.25) is 0 Å². The van der Waals surface area contributed by atoms with Gasteiger partial charge in [0.15, 0.2) is 4.47 Å². The summed E-state index contributed by atoms with van der Waals surface area (Å²) in [5.74, 6) is 0. The molecule has 0 radical (unpaired) electrons. The van der Waals surface area contributed by atoms with E-state index < -0.39 is 0 Å². The number of benzene rings is 1. The molecule has 2 aromatic rings. The van der Waals surface area contributed by atoms with E-state index in [4.69, 9.17) is 11.6 Å². The first-order valence-electron chi connectivity index (χ1n) is 4.35. The molecule has 0 saturated carbocycles. The van der Waals surface area contributed by atoms with Gasteiger partial charge in [-0.3, -0.25) is 0 Å². The second-order valence-electron chi connectivity index (χ2n) is 3.28. The lowest BCUT2D eigenvalue weighted by atomic mass is 10.1. The number of halogens is 1. The number of hydrogen-bond donors (Lipinski definition) is 0. The van der Waals surface area contributed by atoms with Crippen LogP contribution in [0.5, 0.6) is 0 Å². The standard InChI is InChI=1S/C11H10ClNS/c1-7-3-4-9(5-8(7)2)10-6-14-11(12)13-10/h3-6H,1-2H3. The van der Waals surface area contributed by atoms with E-state index in [9.17, 15) is 0 Å². The molecule has 0 unspecified atom stereocenters. The third-order valence-corrected chi connectivity index (χ3v) is 3.26. The summed E-state index contributed by atoms with van der Waals surface area (Å²) < 4.78 is 0.596. The van der Waals surface area contributed by atoms with E-state index in [1.165, 1.54) is 22.5 Å². The number of aromatic nitrogens is 1. The van der Waals surface area contributed by atoms with Crippen LogP contribution >= 0.6 is 22.9 Å². The minimum Gasteiger partial charge on any atom is -0.225 e. The van der Waals surface area contributed by atoms with Crippen LogP contribution in [-0.4, -0.2) is 4.98 Å². The van der Waals surface area contributed by atoms with E-state index >= 15 is 0 Å². The van der Waals surface area contributed by atoms with E-state index in [2.05, 4.69) is 37.0 Å². The van der Waals surface area contributed by atoms with Crippen molar-refractivity contribution < 1.29 is 0 Å². The Balaban J connectivity index is 2.47. The minimum absolute atomic E-state index is 0.596. The molecule has 0 atom stereocenters. The number of rotatable bonds is 1. The molecule has 0 amide bonds. The van der Waals surface area contributed by atoms with Gasteiger partial charge in [0, 0.05) is 10.9 Å². The van der Waals surface area contributed by atoms with Crippen LogP contribution in [0.3, 0.4) is 0 Å². The van der Waals surface area contributed by atoms with E-state index in [0.717, 1.165) is 11.3 Å². The smallest absolute Gasteiger partial charge is 0.184 e. The highest BCUT2D eigenvalue weighted by molar-refractivity contribution is 7.14. The molecule has 1 heterocycles. The van der Waals surface area contributed by atoms with Crippen LogP contribution in [0.1, 0.15) is 11.1 Å². The van der Waals surface area contributed by atoms with Crippen molar-refractivity contribution >= 4 is 22.9 Å². The molecule has 1 nitrogen and oxygen atoms in total. The van der Waals surface area contributed by atoms with Crippen molar-refractivity contribution in [2.45, 2.75) is 13.8 Å². The Morgan fingerprint density at radius 2 is 2.00 bits per heavy atom. The summed E-state index contributed by atoms with van der Waals surface area (Å²) in [6.07, 6.45) is 0. The molecule has 0 fully saturated rings. The molecule has 14 heavy (non-hydrogen) atoms. The fourth-order valence-corrected chi connectivity index (χ4v) is 2.06. The van der Waals surface area contributed by atoms with E-state index in [0.29, 0.717) is 4.47 Å². The van der Waals surface area contributed by atoms with Crippen molar-refractivity contribution in [3.8, 4) is 11.3 Å². The third kappa shape index (κ3) is 1.81. The zero-order chi connectivity index (χ0) is 10.1. The highest BCUT2D eigenvalue weighted by Crippen LogP contribution is 2.25. The van der Waals surface area contributed by atoms with Gasteiger partial charge in [0.05, 0.1) is 5.69 Å². The van der Waals surface area contributed by atoms with Crippen LogP contribution in [0, 0.1) is 13.8 Å². The SMILES string of the molecule is Cc1ccc(-c2csc(Cl)n2)cc1C. The lowest BCUT2D eigenvalue weighted by molar-refractivity contribution is 1.32. The van der Waals surface area contributed by atoms with Crippen molar-refractivity contribution in [2.75, 3.05) is 0 Å². The fraction of sp³-hybridized carbons (Fsp3) is 0.182. The lowest BCUT2D eigenvalue weighted by Crippen LogP contribution is -1.83. The molecule has 0 bridgehead atoms. The molecule has 0 spiro atoms. The largest absolute Gasteiger partial charge is 0.225 e. The maximum atomic E-state index is 5.79. The van der Waals surface area contributed by atoms with Crippen molar-refractivity contribution in [2.24, 2.45) is 0 Å². The molecule has 0 saturated heterocycles. The number of nitrogens with zero attached hydrogens (tertiary/aromatic N) is 1. The van der Waals surface area contributed by atoms with E-state index in [1.54, 1.807) is 0 Å². The van der Waals surface area contributed by atoms with Gasteiger partial charge in [0.1, 0.15) is 0 Å². The normalized spacial score (nSPS) is 10.5. The fourth-order valence-electron chi connectivity index (χ4n) is 1.29. The first-order chi connectivity index (χ1) is 6.66. The summed E-state index contributed by atoms with van der Waals surface area (Å²) in [5.41, 5.74) is 4.68. The molecule has 72 valence electrons. The Bertz CT molecular complexity index is 462. The maximum absolute atomic E-state index is 5.79. The summed E-state index contributed by atoms with van der Waals surface area (Å²) in [6.45, 7) is 4.21. The average molecular weight is 224 g/mol. The van der Waals surface area contributed by atoms with Crippen LogP contribution in [0.25, 0.3) is 11.3 Å². The van der Waals surface area contributed by atoms with Crippen molar-refractivity contribution in [1.29, 1.82) is 0 Å². The molecule has 0 aliphatic carbocycles. The van der Waals surface area contributed by atoms with Crippen molar-refractivity contribution in [3.05, 3.63) is 39.2 Å². The number of hydrogen-bond acceptors (Lipinski definition) is 2. The van der Waals surface area contributed by atoms with Gasteiger partial charge in [0.25, 0.3) is 0 Å². The Morgan fingerprint density at radius 1 is 1.21 bits per heavy atom. The van der Waals surface area contributed by atoms with Crippen LogP contribution in [0.2, 0.25) is 4.47 Å². The Kier molecular flexibility index (Phi) is 2.57. The molecule has 1 aromatic heterocycles. The van der Waals surface area contributed by atoms with Gasteiger partial charge < -0.3 is 0 Å². The molecular weight excluding hydrogens is 214 g/mol. The van der Waals surface area contributed by atoms with Crippen molar-refractivity contribution in [3.63, 3.8) is 0 Å². The predicted octanol–water partition coefficient (Wildman–Crippen LogP) is 4.08. The Labute approximate surface area is 92.4 Å². The Morgan fingerprint density at radius 3 is 2.57 bits per heavy atom. The molecule has 2 rings (SSSR count). The molecule has 1 aromatic carbocycles. The summed E-state index contributed by atoms with van der Waals surface area (Å²) in [5, 5.41) is 1.98. The monoisotopic (exact) mass is 223 g/mol. The minimum atomic E-state index is 0.596. The second kappa shape index (κ2) is 3.71. The van der Waals surface area contributed by atoms with Gasteiger partial charge in [-0.25, -0.2) is 4.98 Å². The molecule has 3 heteroatoms. The van der Waals surface area contributed by atoms with Gasteiger partial charge in [-0.05, 0) is 31.0 Å². The first-order valence-corrected chi connectivity index (χ1v) is 5.61. The van der Waals surface area contributed by atoms with Crippen LogP contribution in [-0.2, 0) is 0 Å². The molecule has 0 N–H and O–H groups in total. The van der Waals surface area contributed by atoms with Crippen LogP contribution < -0.4 is 0 Å². The second-order valence-corrected chi connectivity index (χ2v) is 4.72. The number of thiazole rings is 1. The van der Waals surface area contributed by atoms with Crippen LogP contribution in [0.4, 0.5) is 0 Å². The van der Waals surface area contributed by atoms with Crippen LogP contribution in [0.15, 0.2) is 23.6 Å². The summed E-state index contributed by atoms with van der Waals surface area (Å²) in [6, 6.07) is 6.33. The Hall–Kier alpha value is -0.860. The zero-order valence-corrected chi connectivity index (χ0v) is 9.62. The summed E-state index contributed by atoms with van der Waals surface area (Å²) in [7, 11) is 0. The summed E-state index contributed by atoms with van der Waals surface area (Å²) in [4.78, 5) is 4.24. The molecule has 0 aliphatic heterocycles. The average Bonchev–Trinajstić information content (AvgIpc) is 2.57. The first kappa shape index (κ1) is 9.69. The van der Waals surface area contributed by atoms with Crippen molar-refractivity contribution in [1.82, 2.24) is 4.98 Å². The third-order valence-electron chi connectivity index (χ3n) is 2.28. The lowest BCUT2D eigenvalue weighted by Gasteiger charge is -2.01. The topological polar surface area (TPSA) is 12.9 Å². The summed E-state index contributed by atoms with van der Waals surface area (Å²) >= 11 is 7.25.